The molecule has 32 heavy (non-hydrogen) atoms. The van der Waals surface area contributed by atoms with E-state index in [1.54, 1.807) is 58.2 Å². The number of halogens is 3. The van der Waals surface area contributed by atoms with Crippen LogP contribution in [0.25, 0.3) is 0 Å². The van der Waals surface area contributed by atoms with Gasteiger partial charge in [0.15, 0.2) is 5.54 Å². The number of nitrogens with zero attached hydrogens (tertiary/aromatic N) is 2. The zero-order chi connectivity index (χ0) is 23.6. The van der Waals surface area contributed by atoms with Crippen LogP contribution in [0.5, 0.6) is 5.75 Å². The molecular formula is C22H19Br3N2O5. The molecule has 168 valence electrons. The van der Waals surface area contributed by atoms with Crippen LogP contribution in [0, 0.1) is 0 Å². The molecule has 0 N–H and O–H groups in total. The van der Waals surface area contributed by atoms with Gasteiger partial charge in [0.05, 0.1) is 19.2 Å². The smallest absolute Gasteiger partial charge is 0.421 e. The molecule has 0 radical (unpaired) electrons. The normalized spacial score (nSPS) is 19.8. The molecule has 10 heteroatoms. The summed E-state index contributed by atoms with van der Waals surface area (Å²) in [6, 6.07) is 8.53. The number of ether oxygens (including phenoxy) is 2. The number of hydrogen-bond acceptors (Lipinski definition) is 5. The molecule has 0 bridgehead atoms. The summed E-state index contributed by atoms with van der Waals surface area (Å²) in [5.74, 6) is -0.147. The Morgan fingerprint density at radius 1 is 1.06 bits per heavy atom. The van der Waals surface area contributed by atoms with Crippen LogP contribution in [0.15, 0.2) is 43.7 Å². The number of carbonyl (C=O) groups is 3. The second-order valence-electron chi connectivity index (χ2n) is 8.47. The first-order chi connectivity index (χ1) is 14.9. The molecule has 2 aromatic rings. The van der Waals surface area contributed by atoms with Gasteiger partial charge in [-0.05, 0) is 98.9 Å². The van der Waals surface area contributed by atoms with E-state index in [0.29, 0.717) is 36.1 Å². The van der Waals surface area contributed by atoms with E-state index in [9.17, 15) is 14.4 Å². The minimum Gasteiger partial charge on any atom is -0.497 e. The first kappa shape index (κ1) is 23.3. The molecule has 1 fully saturated rings. The highest BCUT2D eigenvalue weighted by molar-refractivity contribution is 9.14. The van der Waals surface area contributed by atoms with Crippen molar-refractivity contribution in [2.75, 3.05) is 16.9 Å². The topological polar surface area (TPSA) is 76.2 Å². The van der Waals surface area contributed by atoms with Gasteiger partial charge in [0.2, 0.25) is 5.91 Å². The summed E-state index contributed by atoms with van der Waals surface area (Å²) in [7, 11) is 1.55. The van der Waals surface area contributed by atoms with Crippen LogP contribution in [0.2, 0.25) is 0 Å². The molecule has 2 aliphatic heterocycles. The molecule has 1 spiro atoms. The molecule has 1 atom stereocenters. The molecule has 1 unspecified atom stereocenters. The fourth-order valence-corrected chi connectivity index (χ4v) is 5.75. The minimum absolute atomic E-state index is 0.0726. The number of methoxy groups -OCH3 is 1. The third-order valence-corrected chi connectivity index (χ3v) is 8.60. The first-order valence-corrected chi connectivity index (χ1v) is 12.0. The summed E-state index contributed by atoms with van der Waals surface area (Å²) >= 11 is 10.6. The first-order valence-electron chi connectivity index (χ1n) is 9.65. The van der Waals surface area contributed by atoms with Crippen LogP contribution in [0.1, 0.15) is 32.8 Å². The maximum Gasteiger partial charge on any atom is 0.421 e. The lowest BCUT2D eigenvalue weighted by atomic mass is 9.78. The maximum atomic E-state index is 13.9. The number of amides is 3. The summed E-state index contributed by atoms with van der Waals surface area (Å²) in [5, 5.41) is 0. The molecule has 2 aromatic carbocycles. The Labute approximate surface area is 210 Å². The monoisotopic (exact) mass is 628 g/mol. The van der Waals surface area contributed by atoms with Crippen LogP contribution in [-0.4, -0.2) is 30.6 Å². The third kappa shape index (κ3) is 3.38. The van der Waals surface area contributed by atoms with Crippen LogP contribution in [-0.2, 0) is 19.9 Å². The maximum absolute atomic E-state index is 13.9. The number of hydrogen-bond donors (Lipinski definition) is 0. The van der Waals surface area contributed by atoms with Crippen molar-refractivity contribution in [1.29, 1.82) is 0 Å². The van der Waals surface area contributed by atoms with E-state index >= 15 is 0 Å². The molecule has 1 saturated heterocycles. The minimum atomic E-state index is -1.38. The average Bonchev–Trinajstić information content (AvgIpc) is 2.95. The number of imide groups is 1. The van der Waals surface area contributed by atoms with E-state index in [1.165, 1.54) is 4.90 Å². The molecular weight excluding hydrogens is 612 g/mol. The summed E-state index contributed by atoms with van der Waals surface area (Å²) in [6.07, 6.45) is -0.868. The van der Waals surface area contributed by atoms with Crippen LogP contribution in [0.3, 0.4) is 0 Å². The van der Waals surface area contributed by atoms with Gasteiger partial charge in [-0.15, -0.1) is 0 Å². The molecule has 3 amide bonds. The summed E-state index contributed by atoms with van der Waals surface area (Å²) in [5.41, 5.74) is -0.767. The second-order valence-corrected chi connectivity index (χ2v) is 10.9. The molecule has 4 rings (SSSR count). The standard InChI is InChI=1S/C22H19Br3N2O5/c1-21(2,3)32-20(30)26-14-9-13(23)17(24)18(25)16(14)22(19(26)29)10-15(28)27(22)11-5-7-12(31-4)8-6-11/h5-9H,10H2,1-4H3. The van der Waals surface area contributed by atoms with Crippen molar-refractivity contribution in [2.45, 2.75) is 38.3 Å². The molecule has 0 aliphatic carbocycles. The largest absolute Gasteiger partial charge is 0.497 e. The Morgan fingerprint density at radius 3 is 2.22 bits per heavy atom. The van der Waals surface area contributed by atoms with Crippen molar-refractivity contribution in [1.82, 2.24) is 0 Å². The van der Waals surface area contributed by atoms with Gasteiger partial charge >= 0.3 is 6.09 Å². The third-order valence-electron chi connectivity index (χ3n) is 5.30. The molecule has 0 aromatic heterocycles. The predicted octanol–water partition coefficient (Wildman–Crippen LogP) is 5.90. The van der Waals surface area contributed by atoms with E-state index in [0.717, 1.165) is 4.90 Å². The van der Waals surface area contributed by atoms with Gasteiger partial charge in [0.25, 0.3) is 5.91 Å². The highest BCUT2D eigenvalue weighted by Crippen LogP contribution is 2.58. The quantitative estimate of drug-likeness (QED) is 0.305. The fourth-order valence-electron chi connectivity index (χ4n) is 4.01. The number of β-lactam (4-membered cyclic amide) rings is 1. The fraction of sp³-hybridized carbons (Fsp3) is 0.318. The van der Waals surface area contributed by atoms with Gasteiger partial charge < -0.3 is 9.47 Å². The summed E-state index contributed by atoms with van der Waals surface area (Å²) < 4.78 is 12.6. The zero-order valence-corrected chi connectivity index (χ0v) is 22.4. The molecule has 2 aliphatic rings. The van der Waals surface area contributed by atoms with Gasteiger partial charge in [-0.1, -0.05) is 0 Å². The Hall–Kier alpha value is -1.91. The highest BCUT2D eigenvalue weighted by Gasteiger charge is 2.67. The van der Waals surface area contributed by atoms with E-state index in [-0.39, 0.29) is 12.3 Å². The summed E-state index contributed by atoms with van der Waals surface area (Å²) in [4.78, 5) is 42.3. The average molecular weight is 631 g/mol. The lowest BCUT2D eigenvalue weighted by molar-refractivity contribution is -0.137. The molecule has 7 nitrogen and oxygen atoms in total. The van der Waals surface area contributed by atoms with Gasteiger partial charge in [0, 0.05) is 24.7 Å². The number of carbonyl (C=O) groups excluding carboxylic acids is 3. The summed E-state index contributed by atoms with van der Waals surface area (Å²) in [6.45, 7) is 5.18. The van der Waals surface area contributed by atoms with E-state index in [4.69, 9.17) is 9.47 Å². The van der Waals surface area contributed by atoms with Crippen LogP contribution < -0.4 is 14.5 Å². The Bertz CT molecular complexity index is 1160. The zero-order valence-electron chi connectivity index (χ0n) is 17.7. The van der Waals surface area contributed by atoms with Gasteiger partial charge in [0.1, 0.15) is 11.4 Å². The van der Waals surface area contributed by atoms with E-state index in [1.807, 2.05) is 0 Å². The van der Waals surface area contributed by atoms with Crippen molar-refractivity contribution < 1.29 is 23.9 Å². The highest BCUT2D eigenvalue weighted by atomic mass is 79.9. The molecule has 0 saturated carbocycles. The lowest BCUT2D eigenvalue weighted by Crippen LogP contribution is -2.66. The van der Waals surface area contributed by atoms with Gasteiger partial charge in [-0.3, -0.25) is 14.5 Å². The Morgan fingerprint density at radius 2 is 1.69 bits per heavy atom. The molecule has 2 heterocycles. The number of benzene rings is 2. The van der Waals surface area contributed by atoms with Crippen molar-refractivity contribution in [3.63, 3.8) is 0 Å². The Kier molecular flexibility index (Phi) is 5.70. The van der Waals surface area contributed by atoms with Crippen molar-refractivity contribution in [3.05, 3.63) is 49.3 Å². The van der Waals surface area contributed by atoms with Crippen LogP contribution in [0.4, 0.5) is 16.2 Å². The van der Waals surface area contributed by atoms with E-state index < -0.39 is 23.1 Å². The Balaban J connectivity index is 1.91. The lowest BCUT2D eigenvalue weighted by Gasteiger charge is -2.48. The predicted molar refractivity (Wildman–Crippen MR) is 130 cm³/mol. The number of rotatable bonds is 2. The number of fused-ring (bicyclic) bond motifs is 2. The van der Waals surface area contributed by atoms with Crippen molar-refractivity contribution >= 4 is 77.1 Å². The van der Waals surface area contributed by atoms with Crippen molar-refractivity contribution in [2.24, 2.45) is 0 Å². The SMILES string of the molecule is COc1ccc(N2C(=O)CC23C(=O)N(C(=O)OC(C)(C)C)c2cc(Br)c(Br)c(Br)c23)cc1. The van der Waals surface area contributed by atoms with E-state index in [2.05, 4.69) is 47.8 Å². The van der Waals surface area contributed by atoms with Crippen LogP contribution >= 0.6 is 47.8 Å². The van der Waals surface area contributed by atoms with Crippen molar-refractivity contribution in [3.8, 4) is 5.75 Å². The number of anilines is 2. The van der Waals surface area contributed by atoms with Gasteiger partial charge in [-0.25, -0.2) is 9.69 Å². The second kappa shape index (κ2) is 7.85. The van der Waals surface area contributed by atoms with Gasteiger partial charge in [-0.2, -0.15) is 0 Å².